The predicted molar refractivity (Wildman–Crippen MR) is 91.7 cm³/mol. The van der Waals surface area contributed by atoms with Crippen LogP contribution in [0.15, 0.2) is 40.8 Å². The number of rotatable bonds is 7. The van der Waals surface area contributed by atoms with Crippen molar-refractivity contribution < 1.29 is 19.1 Å². The molecule has 0 amide bonds. The Balaban J connectivity index is 2.18. The molecule has 0 aliphatic carbocycles. The third kappa shape index (κ3) is 4.04. The Morgan fingerprint density at radius 2 is 2.00 bits per heavy atom. The average Bonchev–Trinajstić information content (AvgIpc) is 2.96. The van der Waals surface area contributed by atoms with Crippen LogP contribution in [-0.4, -0.2) is 24.8 Å². The van der Waals surface area contributed by atoms with E-state index in [9.17, 15) is 9.90 Å². The van der Waals surface area contributed by atoms with Gasteiger partial charge in [0.15, 0.2) is 0 Å². The van der Waals surface area contributed by atoms with Gasteiger partial charge in [-0.15, -0.1) is 0 Å². The lowest BCUT2D eigenvalue weighted by molar-refractivity contribution is 0.0599. The molecular weight excluding hydrogens is 306 g/mol. The Labute approximate surface area is 142 Å². The number of aliphatic hydroxyl groups is 1. The number of methoxy groups -OCH3 is 1. The number of hydrogen-bond acceptors (Lipinski definition) is 5. The predicted octanol–water partition coefficient (Wildman–Crippen LogP) is 3.22. The number of hydrogen-bond donors (Lipinski definition) is 2. The summed E-state index contributed by atoms with van der Waals surface area (Å²) in [5.41, 5.74) is 1.17. The number of aryl methyl sites for hydroxylation is 1. The highest BCUT2D eigenvalue weighted by molar-refractivity contribution is 5.90. The first kappa shape index (κ1) is 18.2. The molecule has 0 saturated carbocycles. The molecule has 0 saturated heterocycles. The molecule has 5 nitrogen and oxygen atoms in total. The smallest absolute Gasteiger partial charge is 0.341 e. The van der Waals surface area contributed by atoms with E-state index in [2.05, 4.69) is 5.32 Å². The van der Waals surface area contributed by atoms with Crippen molar-refractivity contribution in [3.63, 3.8) is 0 Å². The van der Waals surface area contributed by atoms with Crippen molar-refractivity contribution in [3.05, 3.63) is 59.0 Å². The van der Waals surface area contributed by atoms with Crippen molar-refractivity contribution in [2.75, 3.05) is 13.7 Å². The molecule has 1 heterocycles. The van der Waals surface area contributed by atoms with Crippen LogP contribution in [-0.2, 0) is 11.3 Å². The summed E-state index contributed by atoms with van der Waals surface area (Å²) in [7, 11) is 1.35. The summed E-state index contributed by atoms with van der Waals surface area (Å²) >= 11 is 0. The van der Waals surface area contributed by atoms with Crippen molar-refractivity contribution >= 4 is 5.97 Å². The summed E-state index contributed by atoms with van der Waals surface area (Å²) in [4.78, 5) is 11.7. The largest absolute Gasteiger partial charge is 0.465 e. The third-order valence-corrected chi connectivity index (χ3v) is 4.18. The van der Waals surface area contributed by atoms with Gasteiger partial charge in [0.2, 0.25) is 0 Å². The van der Waals surface area contributed by atoms with Gasteiger partial charge in [0.05, 0.1) is 13.7 Å². The normalized spacial score (nSPS) is 12.9. The van der Waals surface area contributed by atoms with Gasteiger partial charge in [0.25, 0.3) is 0 Å². The molecule has 0 unspecified atom stereocenters. The van der Waals surface area contributed by atoms with Crippen LogP contribution >= 0.6 is 0 Å². The zero-order chi connectivity index (χ0) is 17.7. The summed E-state index contributed by atoms with van der Waals surface area (Å²) in [5.74, 6) is 0.789. The van der Waals surface area contributed by atoms with Gasteiger partial charge in [-0.05, 0) is 18.6 Å². The Bertz CT molecular complexity index is 676. The van der Waals surface area contributed by atoms with E-state index >= 15 is 0 Å². The highest BCUT2D eigenvalue weighted by Gasteiger charge is 2.30. The zero-order valence-electron chi connectivity index (χ0n) is 14.6. The maximum atomic E-state index is 11.7. The van der Waals surface area contributed by atoms with E-state index in [1.807, 2.05) is 44.2 Å². The van der Waals surface area contributed by atoms with Crippen molar-refractivity contribution in [2.45, 2.75) is 33.4 Å². The molecule has 2 aromatic rings. The SMILES string of the molecule is COC(=O)c1cc(CN[C@@H](c2ccccc2)C(C)(C)CO)oc1C. The molecule has 0 aliphatic rings. The number of ether oxygens (including phenoxy) is 1. The highest BCUT2D eigenvalue weighted by atomic mass is 16.5. The molecule has 1 aromatic heterocycles. The van der Waals surface area contributed by atoms with E-state index in [-0.39, 0.29) is 18.1 Å². The van der Waals surface area contributed by atoms with Gasteiger partial charge in [0, 0.05) is 18.1 Å². The van der Waals surface area contributed by atoms with Crippen LogP contribution < -0.4 is 5.32 Å². The summed E-state index contributed by atoms with van der Waals surface area (Å²) in [5, 5.41) is 13.2. The molecule has 0 aliphatic heterocycles. The molecule has 130 valence electrons. The second-order valence-electron chi connectivity index (χ2n) is 6.55. The number of carbonyl (C=O) groups excluding carboxylic acids is 1. The first-order valence-corrected chi connectivity index (χ1v) is 7.96. The van der Waals surface area contributed by atoms with Crippen LogP contribution in [0, 0.1) is 12.3 Å². The van der Waals surface area contributed by atoms with Gasteiger partial charge in [-0.25, -0.2) is 4.79 Å². The fourth-order valence-corrected chi connectivity index (χ4v) is 2.73. The minimum Gasteiger partial charge on any atom is -0.465 e. The third-order valence-electron chi connectivity index (χ3n) is 4.18. The van der Waals surface area contributed by atoms with Gasteiger partial charge >= 0.3 is 5.97 Å². The Morgan fingerprint density at radius 3 is 2.58 bits per heavy atom. The monoisotopic (exact) mass is 331 g/mol. The van der Waals surface area contributed by atoms with Gasteiger partial charge in [-0.3, -0.25) is 0 Å². The van der Waals surface area contributed by atoms with E-state index in [0.717, 1.165) is 5.56 Å². The fourth-order valence-electron chi connectivity index (χ4n) is 2.73. The Hall–Kier alpha value is -2.11. The standard InChI is InChI=1S/C19H25NO4/c1-13-16(18(22)23-4)10-15(24-13)11-20-17(19(2,3)12-21)14-8-6-5-7-9-14/h5-10,17,20-21H,11-12H2,1-4H3/t17-/m0/s1. The van der Waals surface area contributed by atoms with Crippen molar-refractivity contribution in [3.8, 4) is 0 Å². The van der Waals surface area contributed by atoms with Crippen molar-refractivity contribution in [1.29, 1.82) is 0 Å². The summed E-state index contributed by atoms with van der Waals surface area (Å²) in [6.07, 6.45) is 0. The first-order chi connectivity index (χ1) is 11.4. The van der Waals surface area contributed by atoms with Crippen molar-refractivity contribution in [2.24, 2.45) is 5.41 Å². The molecular formula is C19H25NO4. The Morgan fingerprint density at radius 1 is 1.33 bits per heavy atom. The molecule has 0 fully saturated rings. The molecule has 1 atom stereocenters. The van der Waals surface area contributed by atoms with Gasteiger partial charge < -0.3 is 19.6 Å². The van der Waals surface area contributed by atoms with E-state index < -0.39 is 5.97 Å². The van der Waals surface area contributed by atoms with Crippen LogP contribution in [0.5, 0.6) is 0 Å². The topological polar surface area (TPSA) is 71.7 Å². The van der Waals surface area contributed by atoms with Gasteiger partial charge in [-0.2, -0.15) is 0 Å². The van der Waals surface area contributed by atoms with Crippen LogP contribution in [0.1, 0.15) is 47.3 Å². The zero-order valence-corrected chi connectivity index (χ0v) is 14.6. The number of carbonyl (C=O) groups is 1. The lowest BCUT2D eigenvalue weighted by Crippen LogP contribution is -2.36. The van der Waals surface area contributed by atoms with Crippen LogP contribution in [0.4, 0.5) is 0 Å². The lowest BCUT2D eigenvalue weighted by atomic mass is 9.81. The van der Waals surface area contributed by atoms with Crippen molar-refractivity contribution in [1.82, 2.24) is 5.32 Å². The van der Waals surface area contributed by atoms with Gasteiger partial charge in [0.1, 0.15) is 17.1 Å². The quantitative estimate of drug-likeness (QED) is 0.762. The van der Waals surface area contributed by atoms with E-state index in [4.69, 9.17) is 9.15 Å². The summed E-state index contributed by atoms with van der Waals surface area (Å²) in [6, 6.07) is 11.6. The molecule has 0 radical (unpaired) electrons. The maximum absolute atomic E-state index is 11.7. The minimum absolute atomic E-state index is 0.0458. The number of nitrogens with one attached hydrogen (secondary N) is 1. The molecule has 0 bridgehead atoms. The summed E-state index contributed by atoms with van der Waals surface area (Å²) < 4.78 is 10.4. The summed E-state index contributed by atoms with van der Waals surface area (Å²) in [6.45, 7) is 6.24. The average molecular weight is 331 g/mol. The number of esters is 1. The fraction of sp³-hybridized carbons (Fsp3) is 0.421. The second-order valence-corrected chi connectivity index (χ2v) is 6.55. The lowest BCUT2D eigenvalue weighted by Gasteiger charge is -2.33. The van der Waals surface area contributed by atoms with E-state index in [1.54, 1.807) is 13.0 Å². The van der Waals surface area contributed by atoms with E-state index in [1.165, 1.54) is 7.11 Å². The van der Waals surface area contributed by atoms with E-state index in [0.29, 0.717) is 23.6 Å². The maximum Gasteiger partial charge on any atom is 0.341 e. The second kappa shape index (κ2) is 7.64. The molecule has 2 N–H and O–H groups in total. The molecule has 1 aromatic carbocycles. The number of furan rings is 1. The molecule has 0 spiro atoms. The number of aliphatic hydroxyl groups excluding tert-OH is 1. The van der Waals surface area contributed by atoms with Crippen LogP contribution in [0.2, 0.25) is 0 Å². The molecule has 2 rings (SSSR count). The van der Waals surface area contributed by atoms with Crippen LogP contribution in [0.25, 0.3) is 0 Å². The van der Waals surface area contributed by atoms with Gasteiger partial charge in [-0.1, -0.05) is 44.2 Å². The Kier molecular flexibility index (Phi) is 5.80. The number of benzene rings is 1. The molecule has 5 heteroatoms. The minimum atomic E-state index is -0.405. The first-order valence-electron chi connectivity index (χ1n) is 7.96. The molecule has 24 heavy (non-hydrogen) atoms. The van der Waals surface area contributed by atoms with Crippen LogP contribution in [0.3, 0.4) is 0 Å². The highest BCUT2D eigenvalue weighted by Crippen LogP contribution is 2.33.